The van der Waals surface area contributed by atoms with Crippen molar-refractivity contribution < 1.29 is 28.5 Å². The molecule has 0 fully saturated rings. The molecule has 168 valence electrons. The van der Waals surface area contributed by atoms with Gasteiger partial charge in [0.2, 0.25) is 0 Å². The summed E-state index contributed by atoms with van der Waals surface area (Å²) in [6.07, 6.45) is 0.978. The van der Waals surface area contributed by atoms with Gasteiger partial charge in [0.25, 0.3) is 0 Å². The molecule has 0 spiro atoms. The zero-order valence-corrected chi connectivity index (χ0v) is 18.8. The van der Waals surface area contributed by atoms with Gasteiger partial charge in [0.15, 0.2) is 13.2 Å². The van der Waals surface area contributed by atoms with Gasteiger partial charge in [-0.1, -0.05) is 38.1 Å². The molecular formula is C25H32O6. The smallest absolute Gasteiger partial charge is 0.344 e. The molecule has 0 aliphatic heterocycles. The Kier molecular flexibility index (Phi) is 9.88. The van der Waals surface area contributed by atoms with Crippen LogP contribution in [0.3, 0.4) is 0 Å². The van der Waals surface area contributed by atoms with Crippen LogP contribution in [0, 0.1) is 5.92 Å². The Morgan fingerprint density at radius 2 is 1.10 bits per heavy atom. The van der Waals surface area contributed by atoms with Crippen molar-refractivity contribution >= 4 is 11.9 Å². The highest BCUT2D eigenvalue weighted by Gasteiger charge is 2.17. The topological polar surface area (TPSA) is 71.1 Å². The Morgan fingerprint density at radius 3 is 1.42 bits per heavy atom. The number of hydrogen-bond donors (Lipinski definition) is 0. The minimum absolute atomic E-state index is 0.101. The average Bonchev–Trinajstić information content (AvgIpc) is 2.76. The Labute approximate surface area is 184 Å². The van der Waals surface area contributed by atoms with E-state index in [2.05, 4.69) is 13.8 Å². The molecule has 0 unspecified atom stereocenters. The fourth-order valence-corrected chi connectivity index (χ4v) is 3.22. The van der Waals surface area contributed by atoms with Gasteiger partial charge in [0.1, 0.15) is 11.5 Å². The lowest BCUT2D eigenvalue weighted by Gasteiger charge is -2.21. The maximum atomic E-state index is 11.5. The fraction of sp³-hybridized carbons (Fsp3) is 0.440. The number of rotatable bonds is 12. The second-order valence-electron chi connectivity index (χ2n) is 7.51. The fourth-order valence-electron chi connectivity index (χ4n) is 3.22. The molecule has 0 heterocycles. The third-order valence-corrected chi connectivity index (χ3v) is 4.60. The Balaban J connectivity index is 2.07. The van der Waals surface area contributed by atoms with Crippen LogP contribution in [0.25, 0.3) is 0 Å². The van der Waals surface area contributed by atoms with E-state index in [0.717, 1.165) is 17.5 Å². The molecule has 0 aromatic heterocycles. The molecule has 0 radical (unpaired) electrons. The molecule has 0 atom stereocenters. The van der Waals surface area contributed by atoms with Gasteiger partial charge in [0, 0.05) is 5.92 Å². The average molecular weight is 429 g/mol. The number of carbonyl (C=O) groups excluding carboxylic acids is 2. The zero-order chi connectivity index (χ0) is 22.6. The third kappa shape index (κ3) is 8.32. The van der Waals surface area contributed by atoms with Crippen LogP contribution in [-0.4, -0.2) is 38.4 Å². The van der Waals surface area contributed by atoms with E-state index >= 15 is 0 Å². The molecule has 0 bridgehead atoms. The highest BCUT2D eigenvalue weighted by atomic mass is 16.6. The van der Waals surface area contributed by atoms with Crippen LogP contribution in [0.1, 0.15) is 51.2 Å². The highest BCUT2D eigenvalue weighted by molar-refractivity contribution is 5.71. The summed E-state index contributed by atoms with van der Waals surface area (Å²) in [4.78, 5) is 22.9. The van der Waals surface area contributed by atoms with Gasteiger partial charge in [-0.05, 0) is 61.6 Å². The zero-order valence-electron chi connectivity index (χ0n) is 18.8. The number of esters is 2. The Morgan fingerprint density at radius 1 is 0.710 bits per heavy atom. The summed E-state index contributed by atoms with van der Waals surface area (Å²) in [6, 6.07) is 15.6. The van der Waals surface area contributed by atoms with Gasteiger partial charge in [-0.2, -0.15) is 0 Å². The summed E-state index contributed by atoms with van der Waals surface area (Å²) in [6.45, 7) is 8.39. The number of benzene rings is 2. The van der Waals surface area contributed by atoms with E-state index in [1.807, 2.05) is 48.5 Å². The normalized spacial score (nSPS) is 10.8. The Hall–Kier alpha value is -3.02. The van der Waals surface area contributed by atoms with Gasteiger partial charge in [0.05, 0.1) is 13.2 Å². The monoisotopic (exact) mass is 428 g/mol. The van der Waals surface area contributed by atoms with Gasteiger partial charge in [-0.3, -0.25) is 0 Å². The minimum atomic E-state index is -0.380. The van der Waals surface area contributed by atoms with E-state index < -0.39 is 0 Å². The molecular weight excluding hydrogens is 396 g/mol. The summed E-state index contributed by atoms with van der Waals surface area (Å²) in [5.41, 5.74) is 2.33. The standard InChI is InChI=1S/C25H32O6/c1-5-28-24(26)16-30-21-11-7-19(8-12-21)23(15-18(3)4)20-9-13-22(14-10-20)31-17-25(27)29-6-2/h7-14,18,23H,5-6,15-17H2,1-4H3. The SMILES string of the molecule is CCOC(=O)COc1ccc(C(CC(C)C)c2ccc(OCC(=O)OCC)cc2)cc1. The van der Waals surface area contributed by atoms with Crippen LogP contribution in [-0.2, 0) is 19.1 Å². The van der Waals surface area contributed by atoms with Crippen LogP contribution in [0.15, 0.2) is 48.5 Å². The first kappa shape index (κ1) is 24.3. The van der Waals surface area contributed by atoms with Gasteiger partial charge in [-0.15, -0.1) is 0 Å². The first-order chi connectivity index (χ1) is 14.9. The molecule has 0 saturated carbocycles. The van der Waals surface area contributed by atoms with Crippen LogP contribution >= 0.6 is 0 Å². The molecule has 6 nitrogen and oxygen atoms in total. The van der Waals surface area contributed by atoms with Crippen LogP contribution in [0.4, 0.5) is 0 Å². The van der Waals surface area contributed by atoms with Gasteiger partial charge in [-0.25, -0.2) is 9.59 Å². The summed E-state index contributed by atoms with van der Waals surface area (Å²) in [7, 11) is 0. The van der Waals surface area contributed by atoms with E-state index in [4.69, 9.17) is 18.9 Å². The molecule has 0 N–H and O–H groups in total. The number of hydrogen-bond acceptors (Lipinski definition) is 6. The Bertz CT molecular complexity index is 745. The number of carbonyl (C=O) groups is 2. The minimum Gasteiger partial charge on any atom is -0.482 e. The lowest BCUT2D eigenvalue weighted by atomic mass is 9.84. The van der Waals surface area contributed by atoms with Crippen molar-refractivity contribution in [3.63, 3.8) is 0 Å². The summed E-state index contributed by atoms with van der Waals surface area (Å²) >= 11 is 0. The van der Waals surface area contributed by atoms with Crippen molar-refractivity contribution in [3.05, 3.63) is 59.7 Å². The van der Waals surface area contributed by atoms with E-state index in [0.29, 0.717) is 30.6 Å². The van der Waals surface area contributed by atoms with Crippen molar-refractivity contribution in [2.24, 2.45) is 5.92 Å². The molecule has 2 aromatic rings. The molecule has 2 rings (SSSR count). The second kappa shape index (κ2) is 12.6. The van der Waals surface area contributed by atoms with Crippen molar-refractivity contribution in [2.75, 3.05) is 26.4 Å². The lowest BCUT2D eigenvalue weighted by Crippen LogP contribution is -2.14. The van der Waals surface area contributed by atoms with Crippen molar-refractivity contribution in [1.29, 1.82) is 0 Å². The molecule has 6 heteroatoms. The first-order valence-electron chi connectivity index (χ1n) is 10.7. The van der Waals surface area contributed by atoms with E-state index in [-0.39, 0.29) is 31.1 Å². The van der Waals surface area contributed by atoms with Crippen LogP contribution in [0.2, 0.25) is 0 Å². The van der Waals surface area contributed by atoms with Crippen molar-refractivity contribution in [2.45, 2.75) is 40.0 Å². The first-order valence-corrected chi connectivity index (χ1v) is 10.7. The van der Waals surface area contributed by atoms with Gasteiger partial charge >= 0.3 is 11.9 Å². The van der Waals surface area contributed by atoms with Crippen molar-refractivity contribution in [1.82, 2.24) is 0 Å². The predicted octanol–water partition coefficient (Wildman–Crippen LogP) is 4.75. The molecule has 0 aliphatic carbocycles. The van der Waals surface area contributed by atoms with E-state index in [1.54, 1.807) is 13.8 Å². The molecule has 2 aromatic carbocycles. The number of ether oxygens (including phenoxy) is 4. The van der Waals surface area contributed by atoms with E-state index in [9.17, 15) is 9.59 Å². The third-order valence-electron chi connectivity index (χ3n) is 4.60. The maximum Gasteiger partial charge on any atom is 0.344 e. The quantitative estimate of drug-likeness (QED) is 0.455. The molecule has 0 saturated heterocycles. The molecule has 0 aliphatic rings. The van der Waals surface area contributed by atoms with Crippen LogP contribution in [0.5, 0.6) is 11.5 Å². The van der Waals surface area contributed by atoms with E-state index in [1.165, 1.54) is 0 Å². The van der Waals surface area contributed by atoms with Crippen LogP contribution < -0.4 is 9.47 Å². The summed E-state index contributed by atoms with van der Waals surface area (Å²) in [5, 5.41) is 0. The summed E-state index contributed by atoms with van der Waals surface area (Å²) in [5.74, 6) is 1.21. The lowest BCUT2D eigenvalue weighted by molar-refractivity contribution is -0.146. The molecule has 31 heavy (non-hydrogen) atoms. The molecule has 0 amide bonds. The predicted molar refractivity (Wildman–Crippen MR) is 118 cm³/mol. The van der Waals surface area contributed by atoms with Gasteiger partial charge < -0.3 is 18.9 Å². The van der Waals surface area contributed by atoms with Crippen molar-refractivity contribution in [3.8, 4) is 11.5 Å². The summed E-state index contributed by atoms with van der Waals surface area (Å²) < 4.78 is 20.7. The maximum absolute atomic E-state index is 11.5. The second-order valence-corrected chi connectivity index (χ2v) is 7.51. The highest BCUT2D eigenvalue weighted by Crippen LogP contribution is 2.33. The largest absolute Gasteiger partial charge is 0.482 e.